The van der Waals surface area contributed by atoms with Crippen molar-refractivity contribution in [3.05, 3.63) is 24.3 Å². The Kier molecular flexibility index (Phi) is 6.32. The van der Waals surface area contributed by atoms with Gasteiger partial charge in [-0.3, -0.25) is 4.79 Å². The molecule has 26 heavy (non-hydrogen) atoms. The van der Waals surface area contributed by atoms with E-state index in [1.54, 1.807) is 29.2 Å². The van der Waals surface area contributed by atoms with Crippen LogP contribution in [0.3, 0.4) is 0 Å². The van der Waals surface area contributed by atoms with Crippen molar-refractivity contribution >= 4 is 21.6 Å². The Bertz CT molecular complexity index is 718. The molecule has 3 rings (SSSR count). The molecule has 0 unspecified atom stereocenters. The number of piperidine rings is 1. The SMILES string of the molecule is C[C@@H]1CCCN(CCCNS(=O)(=O)c2ccc(N3CCCC3=O)cc2)C1. The summed E-state index contributed by atoms with van der Waals surface area (Å²) in [6, 6.07) is 6.59. The number of hydrogen-bond acceptors (Lipinski definition) is 4. The van der Waals surface area contributed by atoms with Crippen molar-refractivity contribution in [1.82, 2.24) is 9.62 Å². The molecule has 0 saturated carbocycles. The maximum atomic E-state index is 12.4. The highest BCUT2D eigenvalue weighted by Crippen LogP contribution is 2.23. The average Bonchev–Trinajstić information content (AvgIpc) is 3.05. The number of benzene rings is 1. The third-order valence-electron chi connectivity index (χ3n) is 5.22. The predicted octanol–water partition coefficient (Wildman–Crippen LogP) is 2.21. The van der Waals surface area contributed by atoms with Crippen molar-refractivity contribution in [2.24, 2.45) is 5.92 Å². The molecule has 2 heterocycles. The number of carbonyl (C=O) groups excluding carboxylic acids is 1. The molecule has 2 aliphatic rings. The van der Waals surface area contributed by atoms with Gasteiger partial charge in [0.2, 0.25) is 15.9 Å². The van der Waals surface area contributed by atoms with Crippen molar-refractivity contribution in [2.75, 3.05) is 37.6 Å². The summed E-state index contributed by atoms with van der Waals surface area (Å²) in [5, 5.41) is 0. The zero-order chi connectivity index (χ0) is 18.6. The first kappa shape index (κ1) is 19.3. The van der Waals surface area contributed by atoms with Crippen LogP contribution in [0, 0.1) is 5.92 Å². The standard InChI is InChI=1S/C19H29N3O3S/c1-16-5-2-12-21(15-16)13-4-11-20-26(24,25)18-9-7-17(8-10-18)22-14-3-6-19(22)23/h7-10,16,20H,2-6,11-15H2,1H3/t16-/m1/s1. The van der Waals surface area contributed by atoms with Gasteiger partial charge in [-0.25, -0.2) is 13.1 Å². The van der Waals surface area contributed by atoms with E-state index >= 15 is 0 Å². The summed E-state index contributed by atoms with van der Waals surface area (Å²) in [4.78, 5) is 16.2. The molecule has 1 atom stereocenters. The molecule has 2 saturated heterocycles. The summed E-state index contributed by atoms with van der Waals surface area (Å²) in [5.41, 5.74) is 0.769. The van der Waals surface area contributed by atoms with E-state index in [0.29, 0.717) is 19.5 Å². The van der Waals surface area contributed by atoms with Gasteiger partial charge in [0.1, 0.15) is 0 Å². The number of sulfonamides is 1. The average molecular weight is 380 g/mol. The molecule has 144 valence electrons. The van der Waals surface area contributed by atoms with Gasteiger partial charge < -0.3 is 9.80 Å². The Morgan fingerprint density at radius 1 is 1.15 bits per heavy atom. The number of nitrogens with zero attached hydrogens (tertiary/aromatic N) is 2. The molecular formula is C19H29N3O3S. The van der Waals surface area contributed by atoms with Crippen molar-refractivity contribution in [2.45, 2.75) is 43.9 Å². The summed E-state index contributed by atoms with van der Waals surface area (Å²) < 4.78 is 27.5. The zero-order valence-corrected chi connectivity index (χ0v) is 16.3. The van der Waals surface area contributed by atoms with Gasteiger partial charge >= 0.3 is 0 Å². The number of anilines is 1. The number of hydrogen-bond donors (Lipinski definition) is 1. The van der Waals surface area contributed by atoms with Crippen LogP contribution in [0.4, 0.5) is 5.69 Å². The van der Waals surface area contributed by atoms with Crippen LogP contribution in [-0.4, -0.2) is 51.9 Å². The van der Waals surface area contributed by atoms with Crippen LogP contribution in [0.15, 0.2) is 29.2 Å². The molecule has 0 bridgehead atoms. The van der Waals surface area contributed by atoms with Gasteiger partial charge in [0, 0.05) is 31.7 Å². The monoisotopic (exact) mass is 379 g/mol. The molecule has 1 aromatic carbocycles. The van der Waals surface area contributed by atoms with Crippen molar-refractivity contribution < 1.29 is 13.2 Å². The number of carbonyl (C=O) groups is 1. The van der Waals surface area contributed by atoms with Crippen LogP contribution in [-0.2, 0) is 14.8 Å². The Balaban J connectivity index is 1.49. The molecule has 1 aromatic rings. The maximum absolute atomic E-state index is 12.4. The molecule has 2 fully saturated rings. The fourth-order valence-corrected chi connectivity index (χ4v) is 4.88. The minimum atomic E-state index is -3.50. The number of likely N-dealkylation sites (tertiary alicyclic amines) is 1. The molecule has 0 aliphatic carbocycles. The third-order valence-corrected chi connectivity index (χ3v) is 6.69. The van der Waals surface area contributed by atoms with Crippen LogP contribution < -0.4 is 9.62 Å². The van der Waals surface area contributed by atoms with E-state index in [0.717, 1.165) is 44.1 Å². The summed E-state index contributed by atoms with van der Waals surface area (Å²) in [6.45, 7) is 6.59. The second kappa shape index (κ2) is 8.50. The molecule has 0 aromatic heterocycles. The summed E-state index contributed by atoms with van der Waals surface area (Å²) in [6.07, 6.45) is 4.76. The lowest BCUT2D eigenvalue weighted by Crippen LogP contribution is -2.36. The van der Waals surface area contributed by atoms with Crippen LogP contribution >= 0.6 is 0 Å². The maximum Gasteiger partial charge on any atom is 0.240 e. The second-order valence-corrected chi connectivity index (χ2v) is 9.21. The minimum Gasteiger partial charge on any atom is -0.312 e. The molecule has 1 N–H and O–H groups in total. The Morgan fingerprint density at radius 2 is 1.92 bits per heavy atom. The molecule has 6 nitrogen and oxygen atoms in total. The van der Waals surface area contributed by atoms with Gasteiger partial charge in [-0.05, 0) is 69.0 Å². The lowest BCUT2D eigenvalue weighted by molar-refractivity contribution is -0.117. The van der Waals surface area contributed by atoms with Crippen molar-refractivity contribution in [3.63, 3.8) is 0 Å². The van der Waals surface area contributed by atoms with E-state index in [2.05, 4.69) is 16.5 Å². The van der Waals surface area contributed by atoms with E-state index < -0.39 is 10.0 Å². The quantitative estimate of drug-likeness (QED) is 0.738. The molecule has 0 radical (unpaired) electrons. The summed E-state index contributed by atoms with van der Waals surface area (Å²) >= 11 is 0. The van der Waals surface area contributed by atoms with E-state index in [9.17, 15) is 13.2 Å². The molecular weight excluding hydrogens is 350 g/mol. The first-order chi connectivity index (χ1) is 12.5. The molecule has 0 spiro atoms. The Morgan fingerprint density at radius 3 is 2.58 bits per heavy atom. The predicted molar refractivity (Wildman–Crippen MR) is 103 cm³/mol. The minimum absolute atomic E-state index is 0.103. The molecule has 7 heteroatoms. The van der Waals surface area contributed by atoms with Gasteiger partial charge in [0.05, 0.1) is 4.90 Å². The highest BCUT2D eigenvalue weighted by molar-refractivity contribution is 7.89. The number of amides is 1. The number of nitrogens with one attached hydrogen (secondary N) is 1. The van der Waals surface area contributed by atoms with Crippen molar-refractivity contribution in [1.29, 1.82) is 0 Å². The van der Waals surface area contributed by atoms with Crippen LogP contribution in [0.5, 0.6) is 0 Å². The van der Waals surface area contributed by atoms with Crippen LogP contribution in [0.1, 0.15) is 39.0 Å². The van der Waals surface area contributed by atoms with E-state index in [1.165, 1.54) is 12.8 Å². The molecule has 2 aliphatic heterocycles. The largest absolute Gasteiger partial charge is 0.312 e. The summed E-state index contributed by atoms with van der Waals surface area (Å²) in [5.74, 6) is 0.840. The van der Waals surface area contributed by atoms with Gasteiger partial charge in [-0.1, -0.05) is 6.92 Å². The third kappa shape index (κ3) is 4.84. The first-order valence-corrected chi connectivity index (χ1v) is 11.1. The lowest BCUT2D eigenvalue weighted by Gasteiger charge is -2.30. The van der Waals surface area contributed by atoms with Gasteiger partial charge in [0.15, 0.2) is 0 Å². The van der Waals surface area contributed by atoms with Crippen LogP contribution in [0.25, 0.3) is 0 Å². The Labute approximate surface area is 156 Å². The van der Waals surface area contributed by atoms with E-state index in [4.69, 9.17) is 0 Å². The number of rotatable bonds is 7. The fraction of sp³-hybridized carbons (Fsp3) is 0.632. The lowest BCUT2D eigenvalue weighted by atomic mass is 10.0. The fourth-order valence-electron chi connectivity index (χ4n) is 3.81. The molecule has 1 amide bonds. The van der Waals surface area contributed by atoms with E-state index in [1.807, 2.05) is 0 Å². The normalized spacial score (nSPS) is 22.1. The van der Waals surface area contributed by atoms with Gasteiger partial charge in [-0.15, -0.1) is 0 Å². The second-order valence-electron chi connectivity index (χ2n) is 7.44. The smallest absolute Gasteiger partial charge is 0.240 e. The van der Waals surface area contributed by atoms with Crippen LogP contribution in [0.2, 0.25) is 0 Å². The van der Waals surface area contributed by atoms with Gasteiger partial charge in [0.25, 0.3) is 0 Å². The van der Waals surface area contributed by atoms with Gasteiger partial charge in [-0.2, -0.15) is 0 Å². The zero-order valence-electron chi connectivity index (χ0n) is 15.5. The van der Waals surface area contributed by atoms with Crippen molar-refractivity contribution in [3.8, 4) is 0 Å². The summed E-state index contributed by atoms with van der Waals surface area (Å²) in [7, 11) is -3.50. The van der Waals surface area contributed by atoms with E-state index in [-0.39, 0.29) is 10.8 Å². The first-order valence-electron chi connectivity index (χ1n) is 9.58. The Hall–Kier alpha value is -1.44. The highest BCUT2D eigenvalue weighted by Gasteiger charge is 2.22. The highest BCUT2D eigenvalue weighted by atomic mass is 32.2. The topological polar surface area (TPSA) is 69.7 Å².